The van der Waals surface area contributed by atoms with E-state index in [1.54, 1.807) is 30.3 Å². The van der Waals surface area contributed by atoms with E-state index in [0.29, 0.717) is 12.1 Å². The predicted octanol–water partition coefficient (Wildman–Crippen LogP) is 2.37. The molecule has 0 heterocycles. The molecule has 5 heteroatoms. The van der Waals surface area contributed by atoms with Crippen molar-refractivity contribution in [1.29, 1.82) is 0 Å². The first-order chi connectivity index (χ1) is 11.0. The van der Waals surface area contributed by atoms with Gasteiger partial charge in [-0.3, -0.25) is 0 Å². The first kappa shape index (κ1) is 17.5. The van der Waals surface area contributed by atoms with Crippen molar-refractivity contribution in [1.82, 2.24) is 5.32 Å². The molecular formula is C18H21F2NO2. The SMILES string of the molecule is CCNC[C@H](O)C(O)(Cc1ccc(F)cc1F)c1ccccc1. The summed E-state index contributed by atoms with van der Waals surface area (Å²) in [6.07, 6.45) is -1.30. The molecule has 0 bridgehead atoms. The second kappa shape index (κ2) is 7.64. The van der Waals surface area contributed by atoms with Gasteiger partial charge < -0.3 is 15.5 Å². The molecule has 0 spiro atoms. The fraction of sp³-hybridized carbons (Fsp3) is 0.333. The van der Waals surface area contributed by atoms with E-state index < -0.39 is 23.3 Å². The van der Waals surface area contributed by atoms with Crippen molar-refractivity contribution >= 4 is 0 Å². The van der Waals surface area contributed by atoms with Gasteiger partial charge in [-0.1, -0.05) is 43.3 Å². The van der Waals surface area contributed by atoms with Gasteiger partial charge in [-0.15, -0.1) is 0 Å². The summed E-state index contributed by atoms with van der Waals surface area (Å²) >= 11 is 0. The van der Waals surface area contributed by atoms with Crippen LogP contribution in [0.5, 0.6) is 0 Å². The third-order valence-electron chi connectivity index (χ3n) is 3.89. The van der Waals surface area contributed by atoms with Crippen molar-refractivity contribution in [2.24, 2.45) is 0 Å². The van der Waals surface area contributed by atoms with Gasteiger partial charge >= 0.3 is 0 Å². The number of halogens is 2. The van der Waals surface area contributed by atoms with E-state index in [2.05, 4.69) is 5.32 Å². The molecule has 2 atom stereocenters. The Morgan fingerprint density at radius 3 is 2.43 bits per heavy atom. The van der Waals surface area contributed by atoms with Crippen LogP contribution in [-0.2, 0) is 12.0 Å². The highest BCUT2D eigenvalue weighted by Gasteiger charge is 2.38. The summed E-state index contributed by atoms with van der Waals surface area (Å²) in [6.45, 7) is 2.67. The molecule has 2 aromatic rings. The first-order valence-electron chi connectivity index (χ1n) is 7.58. The molecule has 0 fully saturated rings. The van der Waals surface area contributed by atoms with Gasteiger partial charge in [-0.25, -0.2) is 8.78 Å². The molecule has 0 aromatic heterocycles. The molecule has 0 aliphatic heterocycles. The Bertz CT molecular complexity index is 636. The Kier molecular flexibility index (Phi) is 5.82. The van der Waals surface area contributed by atoms with Crippen LogP contribution >= 0.6 is 0 Å². The van der Waals surface area contributed by atoms with Crippen LogP contribution in [0.25, 0.3) is 0 Å². The van der Waals surface area contributed by atoms with E-state index in [1.165, 1.54) is 6.07 Å². The van der Waals surface area contributed by atoms with Crippen LogP contribution in [-0.4, -0.2) is 29.4 Å². The van der Waals surface area contributed by atoms with Gasteiger partial charge in [0.15, 0.2) is 0 Å². The Balaban J connectivity index is 2.37. The average molecular weight is 321 g/mol. The maximum Gasteiger partial charge on any atom is 0.129 e. The molecule has 2 aromatic carbocycles. The number of likely N-dealkylation sites (N-methyl/N-ethyl adjacent to an activating group) is 1. The van der Waals surface area contributed by atoms with E-state index >= 15 is 0 Å². The van der Waals surface area contributed by atoms with Crippen LogP contribution in [0.3, 0.4) is 0 Å². The Labute approximate surface area is 134 Å². The molecule has 0 radical (unpaired) electrons. The Hall–Kier alpha value is -1.82. The number of hydrogen-bond acceptors (Lipinski definition) is 3. The zero-order valence-corrected chi connectivity index (χ0v) is 13.0. The standard InChI is InChI=1S/C18H21F2NO2/c1-2-21-12-17(22)18(23,14-6-4-3-5-7-14)11-13-8-9-15(19)10-16(13)20/h3-10,17,21-23H,2,11-12H2,1H3/t17-,18?/m0/s1. The molecule has 2 rings (SSSR count). The van der Waals surface area contributed by atoms with Gasteiger partial charge in [0.2, 0.25) is 0 Å². The first-order valence-corrected chi connectivity index (χ1v) is 7.58. The van der Waals surface area contributed by atoms with Crippen LogP contribution in [0.4, 0.5) is 8.78 Å². The molecule has 124 valence electrons. The fourth-order valence-corrected chi connectivity index (χ4v) is 2.54. The van der Waals surface area contributed by atoms with Gasteiger partial charge in [-0.2, -0.15) is 0 Å². The van der Waals surface area contributed by atoms with Crippen LogP contribution < -0.4 is 5.32 Å². The molecule has 0 amide bonds. The van der Waals surface area contributed by atoms with Crippen molar-refractivity contribution in [3.05, 3.63) is 71.3 Å². The third kappa shape index (κ3) is 4.13. The molecular weight excluding hydrogens is 300 g/mol. The lowest BCUT2D eigenvalue weighted by Crippen LogP contribution is -2.47. The topological polar surface area (TPSA) is 52.5 Å². The second-order valence-electron chi connectivity index (χ2n) is 5.53. The maximum atomic E-state index is 14.0. The van der Waals surface area contributed by atoms with E-state index in [9.17, 15) is 19.0 Å². The van der Waals surface area contributed by atoms with Gasteiger partial charge in [0.05, 0.1) is 6.10 Å². The molecule has 0 aliphatic carbocycles. The average Bonchev–Trinajstić information content (AvgIpc) is 2.56. The minimum atomic E-state index is -1.68. The van der Waals surface area contributed by atoms with Crippen LogP contribution in [0.2, 0.25) is 0 Å². The predicted molar refractivity (Wildman–Crippen MR) is 85.0 cm³/mol. The zero-order chi connectivity index (χ0) is 16.9. The monoisotopic (exact) mass is 321 g/mol. The highest BCUT2D eigenvalue weighted by atomic mass is 19.1. The van der Waals surface area contributed by atoms with E-state index in [4.69, 9.17) is 0 Å². The smallest absolute Gasteiger partial charge is 0.129 e. The molecule has 1 unspecified atom stereocenters. The largest absolute Gasteiger partial charge is 0.388 e. The molecule has 0 aliphatic rings. The number of aliphatic hydroxyl groups is 2. The number of rotatable bonds is 7. The summed E-state index contributed by atoms with van der Waals surface area (Å²) in [5.41, 5.74) is -1.05. The van der Waals surface area contributed by atoms with Gasteiger partial charge in [0.1, 0.15) is 17.2 Å². The molecule has 3 N–H and O–H groups in total. The third-order valence-corrected chi connectivity index (χ3v) is 3.89. The molecule has 3 nitrogen and oxygen atoms in total. The zero-order valence-electron chi connectivity index (χ0n) is 13.0. The van der Waals surface area contributed by atoms with E-state index in [1.807, 2.05) is 6.92 Å². The summed E-state index contributed by atoms with van der Waals surface area (Å²) in [5, 5.41) is 24.5. The van der Waals surface area contributed by atoms with Crippen molar-refractivity contribution in [3.8, 4) is 0 Å². The van der Waals surface area contributed by atoms with Gasteiger partial charge in [-0.05, 0) is 23.7 Å². The molecule has 0 saturated heterocycles. The number of aliphatic hydroxyl groups excluding tert-OH is 1. The maximum absolute atomic E-state index is 14.0. The Morgan fingerprint density at radius 2 is 1.83 bits per heavy atom. The van der Waals surface area contributed by atoms with Crippen molar-refractivity contribution in [2.75, 3.05) is 13.1 Å². The van der Waals surface area contributed by atoms with Crippen molar-refractivity contribution in [3.63, 3.8) is 0 Å². The Morgan fingerprint density at radius 1 is 1.13 bits per heavy atom. The minimum absolute atomic E-state index is 0.147. The fourth-order valence-electron chi connectivity index (χ4n) is 2.54. The highest BCUT2D eigenvalue weighted by Crippen LogP contribution is 2.30. The lowest BCUT2D eigenvalue weighted by Gasteiger charge is -2.34. The van der Waals surface area contributed by atoms with E-state index in [0.717, 1.165) is 12.1 Å². The van der Waals surface area contributed by atoms with Gasteiger partial charge in [0, 0.05) is 19.0 Å². The van der Waals surface area contributed by atoms with E-state index in [-0.39, 0.29) is 18.5 Å². The highest BCUT2D eigenvalue weighted by molar-refractivity contribution is 5.29. The lowest BCUT2D eigenvalue weighted by molar-refractivity contribution is -0.0791. The minimum Gasteiger partial charge on any atom is -0.388 e. The number of hydrogen-bond donors (Lipinski definition) is 3. The number of nitrogens with one attached hydrogen (secondary N) is 1. The summed E-state index contributed by atoms with van der Waals surface area (Å²) < 4.78 is 27.0. The summed E-state index contributed by atoms with van der Waals surface area (Å²) in [7, 11) is 0. The normalized spacial score (nSPS) is 15.2. The van der Waals surface area contributed by atoms with Crippen LogP contribution in [0.1, 0.15) is 18.1 Å². The summed E-state index contributed by atoms with van der Waals surface area (Å²) in [4.78, 5) is 0. The molecule has 0 saturated carbocycles. The molecule has 23 heavy (non-hydrogen) atoms. The van der Waals surface area contributed by atoms with Crippen LogP contribution in [0, 0.1) is 11.6 Å². The van der Waals surface area contributed by atoms with Crippen LogP contribution in [0.15, 0.2) is 48.5 Å². The lowest BCUT2D eigenvalue weighted by atomic mass is 9.82. The van der Waals surface area contributed by atoms with Crippen molar-refractivity contribution < 1.29 is 19.0 Å². The van der Waals surface area contributed by atoms with Crippen molar-refractivity contribution in [2.45, 2.75) is 25.0 Å². The second-order valence-corrected chi connectivity index (χ2v) is 5.53. The van der Waals surface area contributed by atoms with Gasteiger partial charge in [0.25, 0.3) is 0 Å². The summed E-state index contributed by atoms with van der Waals surface area (Å²) in [6, 6.07) is 11.8. The quantitative estimate of drug-likeness (QED) is 0.734. The summed E-state index contributed by atoms with van der Waals surface area (Å²) in [5.74, 6) is -1.42. The number of benzene rings is 2.